The van der Waals surface area contributed by atoms with Gasteiger partial charge >= 0.3 is 0 Å². The molecule has 1 aliphatic carbocycles. The van der Waals surface area contributed by atoms with Crippen LogP contribution in [-0.2, 0) is 11.3 Å². The normalized spacial score (nSPS) is 17.1. The molecule has 0 bridgehead atoms. The van der Waals surface area contributed by atoms with Crippen LogP contribution in [0.2, 0.25) is 0 Å². The second-order valence-electron chi connectivity index (χ2n) is 5.12. The first-order valence-electron chi connectivity index (χ1n) is 7.02. The molecule has 5 heteroatoms. The number of fused-ring (bicyclic) bond motifs is 1. The highest BCUT2D eigenvalue weighted by atomic mass is 16.5. The number of rotatable bonds is 4. The first-order valence-corrected chi connectivity index (χ1v) is 7.02. The zero-order valence-electron chi connectivity index (χ0n) is 11.1. The van der Waals surface area contributed by atoms with Crippen LogP contribution in [0.1, 0.15) is 32.1 Å². The Morgan fingerprint density at radius 3 is 3.00 bits per heavy atom. The van der Waals surface area contributed by atoms with Crippen LogP contribution < -0.4 is 5.73 Å². The zero-order valence-corrected chi connectivity index (χ0v) is 11.1. The predicted octanol–water partition coefficient (Wildman–Crippen LogP) is 2.36. The first kappa shape index (κ1) is 12.4. The van der Waals surface area contributed by atoms with Crippen molar-refractivity contribution in [3.63, 3.8) is 0 Å². The minimum atomic E-state index is 0.437. The van der Waals surface area contributed by atoms with Crippen molar-refractivity contribution < 1.29 is 4.74 Å². The number of imidazole rings is 1. The van der Waals surface area contributed by atoms with Gasteiger partial charge in [0.1, 0.15) is 5.52 Å². The van der Waals surface area contributed by atoms with Crippen LogP contribution in [0, 0.1) is 0 Å². The summed E-state index contributed by atoms with van der Waals surface area (Å²) in [6.45, 7) is 1.45. The molecule has 5 nitrogen and oxygen atoms in total. The second kappa shape index (κ2) is 5.57. The van der Waals surface area contributed by atoms with E-state index in [4.69, 9.17) is 10.5 Å². The highest BCUT2D eigenvalue weighted by Gasteiger charge is 2.14. The molecule has 0 aliphatic heterocycles. The Kier molecular flexibility index (Phi) is 3.64. The van der Waals surface area contributed by atoms with Crippen molar-refractivity contribution in [1.82, 2.24) is 14.5 Å². The van der Waals surface area contributed by atoms with Crippen molar-refractivity contribution >= 4 is 17.0 Å². The quantitative estimate of drug-likeness (QED) is 0.916. The molecular formula is C14H20N4O. The van der Waals surface area contributed by atoms with Crippen molar-refractivity contribution in [2.45, 2.75) is 44.8 Å². The molecule has 0 aromatic carbocycles. The average molecular weight is 260 g/mol. The maximum Gasteiger partial charge on any atom is 0.201 e. The summed E-state index contributed by atoms with van der Waals surface area (Å²) in [4.78, 5) is 8.36. The summed E-state index contributed by atoms with van der Waals surface area (Å²) in [5.41, 5.74) is 7.81. The highest BCUT2D eigenvalue weighted by Crippen LogP contribution is 2.21. The van der Waals surface area contributed by atoms with Gasteiger partial charge in [0, 0.05) is 12.7 Å². The van der Waals surface area contributed by atoms with E-state index in [-0.39, 0.29) is 0 Å². The van der Waals surface area contributed by atoms with E-state index >= 15 is 0 Å². The molecule has 0 unspecified atom stereocenters. The van der Waals surface area contributed by atoms with Gasteiger partial charge in [-0.05, 0) is 18.9 Å². The van der Waals surface area contributed by atoms with Gasteiger partial charge in [-0.1, -0.05) is 19.3 Å². The lowest BCUT2D eigenvalue weighted by molar-refractivity contribution is 0.0246. The van der Waals surface area contributed by atoms with Crippen molar-refractivity contribution in [3.8, 4) is 0 Å². The van der Waals surface area contributed by atoms with Crippen LogP contribution in [0.25, 0.3) is 11.0 Å². The number of nitrogen functional groups attached to an aromatic ring is 1. The molecule has 102 valence electrons. The molecule has 3 rings (SSSR count). The van der Waals surface area contributed by atoms with Crippen LogP contribution in [0.15, 0.2) is 18.5 Å². The summed E-state index contributed by atoms with van der Waals surface area (Å²) in [5, 5.41) is 0. The van der Waals surface area contributed by atoms with Gasteiger partial charge in [0.25, 0.3) is 0 Å². The molecule has 1 aliphatic rings. The van der Waals surface area contributed by atoms with Gasteiger partial charge in [0.15, 0.2) is 0 Å². The molecule has 19 heavy (non-hydrogen) atoms. The summed E-state index contributed by atoms with van der Waals surface area (Å²) in [5.74, 6) is 0.537. The van der Waals surface area contributed by atoms with Crippen molar-refractivity contribution in [2.24, 2.45) is 0 Å². The number of pyridine rings is 1. The Morgan fingerprint density at radius 2 is 2.16 bits per heavy atom. The number of hydrogen-bond acceptors (Lipinski definition) is 4. The smallest absolute Gasteiger partial charge is 0.201 e. The maximum absolute atomic E-state index is 5.94. The van der Waals surface area contributed by atoms with Crippen molar-refractivity contribution in [3.05, 3.63) is 18.5 Å². The molecule has 0 radical (unpaired) electrons. The standard InChI is InChI=1S/C14H20N4O/c15-14-17-12-10-16-7-6-13(12)18(14)8-9-19-11-4-2-1-3-5-11/h6-7,10-11H,1-5,8-9H2,(H2,15,17). The fraction of sp³-hybridized carbons (Fsp3) is 0.571. The van der Waals surface area contributed by atoms with E-state index in [1.165, 1.54) is 32.1 Å². The Morgan fingerprint density at radius 1 is 1.32 bits per heavy atom. The minimum absolute atomic E-state index is 0.437. The summed E-state index contributed by atoms with van der Waals surface area (Å²) in [7, 11) is 0. The van der Waals surface area contributed by atoms with Crippen LogP contribution in [0.5, 0.6) is 0 Å². The van der Waals surface area contributed by atoms with E-state index in [2.05, 4.69) is 9.97 Å². The molecule has 0 spiro atoms. The Hall–Kier alpha value is -1.62. The second-order valence-corrected chi connectivity index (χ2v) is 5.12. The summed E-state index contributed by atoms with van der Waals surface area (Å²) in [6.07, 6.45) is 10.3. The van der Waals surface area contributed by atoms with E-state index in [1.54, 1.807) is 12.4 Å². The monoisotopic (exact) mass is 260 g/mol. The van der Waals surface area contributed by atoms with Gasteiger partial charge in [0.05, 0.1) is 24.4 Å². The molecule has 2 N–H and O–H groups in total. The molecule has 1 fully saturated rings. The molecule has 0 amide bonds. The van der Waals surface area contributed by atoms with Crippen LogP contribution in [0.3, 0.4) is 0 Å². The van der Waals surface area contributed by atoms with E-state index in [0.29, 0.717) is 18.7 Å². The van der Waals surface area contributed by atoms with Crippen LogP contribution >= 0.6 is 0 Å². The largest absolute Gasteiger partial charge is 0.376 e. The fourth-order valence-electron chi connectivity index (χ4n) is 2.78. The van der Waals surface area contributed by atoms with Crippen molar-refractivity contribution in [1.29, 1.82) is 0 Å². The number of nitrogens with zero attached hydrogens (tertiary/aromatic N) is 3. The Bertz CT molecular complexity index is 545. The third-order valence-electron chi connectivity index (χ3n) is 3.80. The number of aromatic nitrogens is 3. The van der Waals surface area contributed by atoms with Gasteiger partial charge in [-0.2, -0.15) is 0 Å². The van der Waals surface area contributed by atoms with Gasteiger partial charge in [-0.25, -0.2) is 4.98 Å². The zero-order chi connectivity index (χ0) is 13.1. The van der Waals surface area contributed by atoms with Gasteiger partial charge in [-0.15, -0.1) is 0 Å². The van der Waals surface area contributed by atoms with Gasteiger partial charge < -0.3 is 15.0 Å². The molecule has 1 saturated carbocycles. The molecule has 2 aromatic heterocycles. The predicted molar refractivity (Wildman–Crippen MR) is 74.8 cm³/mol. The fourth-order valence-corrected chi connectivity index (χ4v) is 2.78. The maximum atomic E-state index is 5.94. The summed E-state index contributed by atoms with van der Waals surface area (Å²) < 4.78 is 7.94. The number of hydrogen-bond donors (Lipinski definition) is 1. The topological polar surface area (TPSA) is 66.0 Å². The van der Waals surface area contributed by atoms with E-state index < -0.39 is 0 Å². The molecule has 0 saturated heterocycles. The lowest BCUT2D eigenvalue weighted by Crippen LogP contribution is -2.19. The van der Waals surface area contributed by atoms with Gasteiger partial charge in [-0.3, -0.25) is 4.98 Å². The SMILES string of the molecule is Nc1nc2cnccc2n1CCOC1CCCCC1. The number of nitrogens with two attached hydrogens (primary N) is 1. The molecular weight excluding hydrogens is 240 g/mol. The van der Waals surface area contributed by atoms with E-state index in [9.17, 15) is 0 Å². The lowest BCUT2D eigenvalue weighted by Gasteiger charge is -2.22. The van der Waals surface area contributed by atoms with E-state index in [1.807, 2.05) is 10.6 Å². The summed E-state index contributed by atoms with van der Waals surface area (Å²) in [6, 6.07) is 1.94. The average Bonchev–Trinajstić information content (AvgIpc) is 2.76. The summed E-state index contributed by atoms with van der Waals surface area (Å²) >= 11 is 0. The van der Waals surface area contributed by atoms with Gasteiger partial charge in [0.2, 0.25) is 5.95 Å². The molecule has 0 atom stereocenters. The Labute approximate surface area is 112 Å². The number of ether oxygens (including phenoxy) is 1. The lowest BCUT2D eigenvalue weighted by atomic mass is 9.98. The minimum Gasteiger partial charge on any atom is -0.376 e. The molecule has 2 heterocycles. The third kappa shape index (κ3) is 2.71. The Balaban J connectivity index is 1.63. The highest BCUT2D eigenvalue weighted by molar-refractivity contribution is 5.76. The first-order chi connectivity index (χ1) is 9.34. The number of anilines is 1. The van der Waals surface area contributed by atoms with Crippen LogP contribution in [-0.4, -0.2) is 27.2 Å². The van der Waals surface area contributed by atoms with Crippen molar-refractivity contribution in [2.75, 3.05) is 12.3 Å². The third-order valence-corrected chi connectivity index (χ3v) is 3.80. The van der Waals surface area contributed by atoms with E-state index in [0.717, 1.165) is 17.6 Å². The molecule has 2 aromatic rings. The van der Waals surface area contributed by atoms with Crippen LogP contribution in [0.4, 0.5) is 5.95 Å².